The Labute approximate surface area is 253 Å². The number of ether oxygens (including phenoxy) is 1. The highest BCUT2D eigenvalue weighted by molar-refractivity contribution is 7.99. The number of carbonyl (C=O) groups is 2. The van der Waals surface area contributed by atoms with Crippen molar-refractivity contribution in [2.24, 2.45) is 0 Å². The van der Waals surface area contributed by atoms with Crippen molar-refractivity contribution in [3.05, 3.63) is 84.7 Å². The van der Waals surface area contributed by atoms with Crippen molar-refractivity contribution in [1.29, 1.82) is 0 Å². The van der Waals surface area contributed by atoms with E-state index in [1.165, 1.54) is 12.0 Å². The average molecular weight is 643 g/mol. The molecule has 2 aliphatic heterocycles. The number of likely N-dealkylation sites (tertiary alicyclic amines) is 1. The first-order valence-electron chi connectivity index (χ1n) is 12.6. The van der Waals surface area contributed by atoms with Gasteiger partial charge in [0.05, 0.1) is 23.1 Å². The molecular formula is C28H24Cl3F2N3O4S. The Morgan fingerprint density at radius 3 is 2.41 bits per heavy atom. The van der Waals surface area contributed by atoms with Gasteiger partial charge in [0.1, 0.15) is 17.0 Å². The molecule has 1 fully saturated rings. The molecule has 0 aliphatic carbocycles. The first kappa shape index (κ1) is 29.7. The second-order valence-corrected chi connectivity index (χ2v) is 12.2. The van der Waals surface area contributed by atoms with E-state index in [0.29, 0.717) is 23.6 Å². The maximum Gasteiger partial charge on any atom is 0.362 e. The summed E-state index contributed by atoms with van der Waals surface area (Å²) in [5, 5.41) is -3.45. The quantitative estimate of drug-likeness (QED) is 0.306. The highest BCUT2D eigenvalue weighted by Crippen LogP contribution is 2.42. The van der Waals surface area contributed by atoms with Gasteiger partial charge in [-0.2, -0.15) is 8.78 Å². The molecule has 7 nitrogen and oxygen atoms in total. The number of carbonyl (C=O) groups excluding carboxylic acids is 2. The predicted molar refractivity (Wildman–Crippen MR) is 154 cm³/mol. The van der Waals surface area contributed by atoms with Gasteiger partial charge < -0.3 is 19.5 Å². The van der Waals surface area contributed by atoms with E-state index in [1.54, 1.807) is 36.2 Å². The van der Waals surface area contributed by atoms with Crippen LogP contribution in [0.2, 0.25) is 10.0 Å². The molecule has 1 aromatic heterocycles. The first-order chi connectivity index (χ1) is 19.4. The lowest BCUT2D eigenvalue weighted by atomic mass is 9.87. The van der Waals surface area contributed by atoms with Crippen LogP contribution in [-0.2, 0) is 23.3 Å². The largest absolute Gasteiger partial charge is 0.496 e. The number of halogens is 5. The van der Waals surface area contributed by atoms with Crippen molar-refractivity contribution in [1.82, 2.24) is 14.8 Å². The van der Waals surface area contributed by atoms with Crippen LogP contribution in [-0.4, -0.2) is 47.3 Å². The van der Waals surface area contributed by atoms with Crippen LogP contribution in [0, 0.1) is 0 Å². The van der Waals surface area contributed by atoms with Crippen LogP contribution in [0.4, 0.5) is 8.78 Å². The molecule has 0 bridgehead atoms. The molecule has 0 radical (unpaired) electrons. The third kappa shape index (κ3) is 5.80. The van der Waals surface area contributed by atoms with E-state index in [9.17, 15) is 23.2 Å². The maximum atomic E-state index is 14.0. The number of hydrogen-bond acceptors (Lipinski definition) is 5. The number of aromatic nitrogens is 1. The van der Waals surface area contributed by atoms with Crippen LogP contribution in [0.15, 0.2) is 51.0 Å². The van der Waals surface area contributed by atoms with Crippen LogP contribution in [0.1, 0.15) is 51.5 Å². The number of alkyl halides is 3. The van der Waals surface area contributed by atoms with E-state index in [-0.39, 0.29) is 45.4 Å². The minimum atomic E-state index is -3.89. The molecule has 1 unspecified atom stereocenters. The summed E-state index contributed by atoms with van der Waals surface area (Å²) in [6.45, 7) is 0.979. The van der Waals surface area contributed by atoms with Gasteiger partial charge in [0.25, 0.3) is 11.5 Å². The molecule has 3 aromatic rings. The zero-order valence-electron chi connectivity index (χ0n) is 21.9. The lowest BCUT2D eigenvalue weighted by molar-refractivity contribution is -0.133. The lowest BCUT2D eigenvalue weighted by Gasteiger charge is -2.30. The maximum absolute atomic E-state index is 14.0. The number of nitrogens with zero attached hydrogens (tertiary/aromatic N) is 2. The first-order valence-corrected chi connectivity index (χ1v) is 14.5. The normalized spacial score (nSPS) is 17.1. The summed E-state index contributed by atoms with van der Waals surface area (Å²) in [5.74, 6) is -0.493. The van der Waals surface area contributed by atoms with Gasteiger partial charge >= 0.3 is 5.38 Å². The number of benzene rings is 2. The highest BCUT2D eigenvalue weighted by Gasteiger charge is 2.36. The molecule has 2 aliphatic rings. The molecule has 41 heavy (non-hydrogen) atoms. The van der Waals surface area contributed by atoms with Gasteiger partial charge in [-0.25, -0.2) is 0 Å². The van der Waals surface area contributed by atoms with Gasteiger partial charge in [-0.05, 0) is 65.9 Å². The second-order valence-electron chi connectivity index (χ2n) is 9.88. The molecule has 0 saturated carbocycles. The number of methoxy groups -OCH3 is 1. The van der Waals surface area contributed by atoms with Gasteiger partial charge in [-0.15, -0.1) is 0 Å². The number of rotatable bonds is 6. The molecule has 5 rings (SSSR count). The Morgan fingerprint density at radius 1 is 1.12 bits per heavy atom. The zero-order chi connectivity index (χ0) is 29.6. The zero-order valence-corrected chi connectivity index (χ0v) is 25.0. The molecule has 2 amide bonds. The topological polar surface area (TPSA) is 82.7 Å². The van der Waals surface area contributed by atoms with Crippen LogP contribution in [0.3, 0.4) is 0 Å². The number of amides is 2. The number of nitrogens with one attached hydrogen (secondary N) is 1. The van der Waals surface area contributed by atoms with Crippen molar-refractivity contribution in [3.63, 3.8) is 0 Å². The monoisotopic (exact) mass is 641 g/mol. The summed E-state index contributed by atoms with van der Waals surface area (Å²) in [5.41, 5.74) is 0.0993. The third-order valence-corrected chi connectivity index (χ3v) is 9.49. The Morgan fingerprint density at radius 2 is 1.78 bits per heavy atom. The minimum Gasteiger partial charge on any atom is -0.496 e. The van der Waals surface area contributed by atoms with Crippen LogP contribution in [0.5, 0.6) is 5.75 Å². The van der Waals surface area contributed by atoms with Crippen molar-refractivity contribution >= 4 is 58.4 Å². The molecule has 3 heterocycles. The van der Waals surface area contributed by atoms with Crippen molar-refractivity contribution in [3.8, 4) is 5.75 Å². The number of fused-ring (bicyclic) bond motifs is 1. The molecule has 2 aromatic carbocycles. The van der Waals surface area contributed by atoms with Gasteiger partial charge in [0.15, 0.2) is 0 Å². The molecule has 0 spiro atoms. The molecule has 1 atom stereocenters. The number of aromatic amines is 1. The SMILES string of the molecule is COc1cc2c(cc1C1CCCN(C)C1=O)CN(C(=O)c1c(Sc3c(Cl)cccc3Cl)cc(C(F)(F)Cl)[nH]c1=O)C2. The number of piperidine rings is 1. The van der Waals surface area contributed by atoms with Crippen LogP contribution < -0.4 is 10.3 Å². The smallest absolute Gasteiger partial charge is 0.362 e. The Balaban J connectivity index is 1.52. The Kier molecular flexibility index (Phi) is 8.31. The van der Waals surface area contributed by atoms with Gasteiger partial charge in [-0.3, -0.25) is 14.4 Å². The van der Waals surface area contributed by atoms with Gasteiger partial charge in [-0.1, -0.05) is 41.0 Å². The van der Waals surface area contributed by atoms with Crippen LogP contribution in [0.25, 0.3) is 0 Å². The summed E-state index contributed by atoms with van der Waals surface area (Å²) >= 11 is 18.6. The fourth-order valence-electron chi connectivity index (χ4n) is 5.18. The summed E-state index contributed by atoms with van der Waals surface area (Å²) < 4.78 is 33.7. The molecule has 13 heteroatoms. The van der Waals surface area contributed by atoms with E-state index in [0.717, 1.165) is 40.9 Å². The summed E-state index contributed by atoms with van der Waals surface area (Å²) in [7, 11) is 3.29. The fraction of sp³-hybridized carbons (Fsp3) is 0.321. The van der Waals surface area contributed by atoms with E-state index < -0.39 is 22.5 Å². The third-order valence-electron chi connectivity index (χ3n) is 7.24. The number of hydrogen-bond donors (Lipinski definition) is 1. The van der Waals surface area contributed by atoms with Crippen molar-refractivity contribution in [2.45, 2.75) is 47.0 Å². The standard InChI is InChI=1S/C28H24Cl3F2N3O4S/c1-35-8-4-5-16(26(35)38)17-9-14-12-36(13-15(14)10-20(17)40-2)27(39)23-21(11-22(28(31,32)33)34-25(23)37)41-24-18(29)6-3-7-19(24)30/h3,6-7,9-11,16H,4-5,8,12-13H2,1-2H3,(H,34,37). The fourth-order valence-corrected chi connectivity index (χ4v) is 6.92. The van der Waals surface area contributed by atoms with Crippen molar-refractivity contribution < 1.29 is 23.1 Å². The van der Waals surface area contributed by atoms with Gasteiger partial charge in [0, 0.05) is 42.0 Å². The minimum absolute atomic E-state index is 0.00282. The van der Waals surface area contributed by atoms with E-state index in [4.69, 9.17) is 39.5 Å². The summed E-state index contributed by atoms with van der Waals surface area (Å²) in [4.78, 5) is 45.3. The number of H-pyrrole nitrogens is 1. The Bertz CT molecular complexity index is 1590. The highest BCUT2D eigenvalue weighted by atomic mass is 35.5. The summed E-state index contributed by atoms with van der Waals surface area (Å²) in [6.07, 6.45) is 1.53. The van der Waals surface area contributed by atoms with E-state index in [1.807, 2.05) is 11.1 Å². The molecule has 216 valence electrons. The second kappa shape index (κ2) is 11.5. The number of pyridine rings is 1. The predicted octanol–water partition coefficient (Wildman–Crippen LogP) is 6.62. The molecule has 1 saturated heterocycles. The molecule has 1 N–H and O–H groups in total. The molecular weight excluding hydrogens is 619 g/mol. The Hall–Kier alpha value is -2.79. The van der Waals surface area contributed by atoms with E-state index in [2.05, 4.69) is 0 Å². The summed E-state index contributed by atoms with van der Waals surface area (Å²) in [6, 6.07) is 9.36. The van der Waals surface area contributed by atoms with Gasteiger partial charge in [0.2, 0.25) is 5.91 Å². The average Bonchev–Trinajstić information content (AvgIpc) is 3.34. The van der Waals surface area contributed by atoms with E-state index >= 15 is 0 Å². The van der Waals surface area contributed by atoms with Crippen molar-refractivity contribution in [2.75, 3.05) is 20.7 Å². The number of likely N-dealkylation sites (N-methyl/N-ethyl adjacent to an activating group) is 1. The lowest BCUT2D eigenvalue weighted by Crippen LogP contribution is -2.37. The van der Waals surface area contributed by atoms with Crippen LogP contribution >= 0.6 is 46.6 Å².